The number of amides is 1. The first-order chi connectivity index (χ1) is 13.6. The van der Waals surface area contributed by atoms with E-state index in [0.717, 1.165) is 42.9 Å². The van der Waals surface area contributed by atoms with Gasteiger partial charge in [-0.25, -0.2) is 0 Å². The van der Waals surface area contributed by atoms with Crippen LogP contribution in [0, 0.1) is 0 Å². The summed E-state index contributed by atoms with van der Waals surface area (Å²) in [5.74, 6) is 1.05. The quantitative estimate of drug-likeness (QED) is 0.883. The molecule has 2 aromatic rings. The molecular formula is C23H29N3O2. The van der Waals surface area contributed by atoms with Crippen molar-refractivity contribution in [2.45, 2.75) is 37.8 Å². The predicted octanol–water partition coefficient (Wildman–Crippen LogP) is 3.53. The van der Waals surface area contributed by atoms with Crippen LogP contribution in [0.1, 0.15) is 36.4 Å². The number of rotatable bonds is 4. The number of piperidine rings is 1. The number of carbonyl (C=O) groups excluding carboxylic acids is 1. The maximum atomic E-state index is 12.2. The van der Waals surface area contributed by atoms with Gasteiger partial charge in [-0.1, -0.05) is 30.3 Å². The SMILES string of the molecule is COc1cc2c(cc1N(C)C1CCCNC1c1ccccc1)N(C)C(=O)CC2. The lowest BCUT2D eigenvalue weighted by molar-refractivity contribution is -0.118. The Kier molecular flexibility index (Phi) is 5.27. The van der Waals surface area contributed by atoms with Crippen LogP contribution in [0.2, 0.25) is 0 Å². The number of hydrogen-bond donors (Lipinski definition) is 1. The molecule has 2 aromatic carbocycles. The first kappa shape index (κ1) is 18.8. The molecule has 2 unspecified atom stereocenters. The fourth-order valence-electron chi connectivity index (χ4n) is 4.56. The first-order valence-electron chi connectivity index (χ1n) is 10.1. The monoisotopic (exact) mass is 379 g/mol. The molecule has 148 valence electrons. The van der Waals surface area contributed by atoms with Crippen LogP contribution in [0.25, 0.3) is 0 Å². The van der Waals surface area contributed by atoms with Crippen LogP contribution >= 0.6 is 0 Å². The molecule has 1 fully saturated rings. The molecule has 0 aliphatic carbocycles. The highest BCUT2D eigenvalue weighted by Gasteiger charge is 2.32. The van der Waals surface area contributed by atoms with E-state index >= 15 is 0 Å². The van der Waals surface area contributed by atoms with Gasteiger partial charge >= 0.3 is 0 Å². The molecule has 0 saturated carbocycles. The van der Waals surface area contributed by atoms with Crippen molar-refractivity contribution in [3.8, 4) is 5.75 Å². The minimum Gasteiger partial charge on any atom is -0.495 e. The van der Waals surface area contributed by atoms with Crippen molar-refractivity contribution >= 4 is 17.3 Å². The number of nitrogens with zero attached hydrogens (tertiary/aromatic N) is 2. The lowest BCUT2D eigenvalue weighted by Gasteiger charge is -2.41. The Bertz CT molecular complexity index is 852. The van der Waals surface area contributed by atoms with E-state index in [-0.39, 0.29) is 11.9 Å². The van der Waals surface area contributed by atoms with Gasteiger partial charge in [0.15, 0.2) is 0 Å². The zero-order valence-corrected chi connectivity index (χ0v) is 16.9. The Labute approximate surface area is 167 Å². The van der Waals surface area contributed by atoms with Crippen LogP contribution in [0.3, 0.4) is 0 Å². The van der Waals surface area contributed by atoms with Gasteiger partial charge in [0.05, 0.1) is 18.8 Å². The number of anilines is 2. The average Bonchev–Trinajstić information content (AvgIpc) is 2.75. The van der Waals surface area contributed by atoms with E-state index in [1.165, 1.54) is 11.1 Å². The molecule has 5 heteroatoms. The highest BCUT2D eigenvalue weighted by molar-refractivity contribution is 5.97. The second-order valence-electron chi connectivity index (χ2n) is 7.77. The summed E-state index contributed by atoms with van der Waals surface area (Å²) in [6, 6.07) is 15.5. The summed E-state index contributed by atoms with van der Waals surface area (Å²) in [6.07, 6.45) is 3.59. The van der Waals surface area contributed by atoms with Crippen LogP contribution in [0.15, 0.2) is 42.5 Å². The van der Waals surface area contributed by atoms with E-state index in [0.29, 0.717) is 12.5 Å². The van der Waals surface area contributed by atoms with Gasteiger partial charge in [0.1, 0.15) is 5.75 Å². The second-order valence-corrected chi connectivity index (χ2v) is 7.77. The smallest absolute Gasteiger partial charge is 0.227 e. The molecule has 1 N–H and O–H groups in total. The summed E-state index contributed by atoms with van der Waals surface area (Å²) in [5.41, 5.74) is 4.53. The van der Waals surface area contributed by atoms with Gasteiger partial charge in [-0.15, -0.1) is 0 Å². The maximum Gasteiger partial charge on any atom is 0.227 e. The zero-order valence-electron chi connectivity index (χ0n) is 16.9. The average molecular weight is 380 g/mol. The molecule has 28 heavy (non-hydrogen) atoms. The van der Waals surface area contributed by atoms with Crippen LogP contribution in [0.5, 0.6) is 5.75 Å². The maximum absolute atomic E-state index is 12.2. The first-order valence-corrected chi connectivity index (χ1v) is 10.1. The molecule has 4 rings (SSSR count). The van der Waals surface area contributed by atoms with Crippen molar-refractivity contribution in [1.82, 2.24) is 5.32 Å². The Morgan fingerprint density at radius 3 is 2.71 bits per heavy atom. The molecule has 0 bridgehead atoms. The molecule has 0 radical (unpaired) electrons. The lowest BCUT2D eigenvalue weighted by atomic mass is 9.90. The number of nitrogens with one attached hydrogen (secondary N) is 1. The van der Waals surface area contributed by atoms with Crippen molar-refractivity contribution in [3.05, 3.63) is 53.6 Å². The van der Waals surface area contributed by atoms with Gasteiger partial charge in [-0.3, -0.25) is 4.79 Å². The van der Waals surface area contributed by atoms with Crippen molar-refractivity contribution in [3.63, 3.8) is 0 Å². The summed E-state index contributed by atoms with van der Waals surface area (Å²) in [4.78, 5) is 16.3. The molecule has 0 aromatic heterocycles. The van der Waals surface area contributed by atoms with Crippen molar-refractivity contribution in [2.75, 3.05) is 37.5 Å². The molecular weight excluding hydrogens is 350 g/mol. The Hall–Kier alpha value is -2.53. The van der Waals surface area contributed by atoms with Gasteiger partial charge in [0.25, 0.3) is 0 Å². The fourth-order valence-corrected chi connectivity index (χ4v) is 4.56. The van der Waals surface area contributed by atoms with Gasteiger partial charge in [0, 0.05) is 32.2 Å². The predicted molar refractivity (Wildman–Crippen MR) is 113 cm³/mol. The molecule has 2 atom stereocenters. The van der Waals surface area contributed by atoms with Crippen LogP contribution in [-0.2, 0) is 11.2 Å². The third kappa shape index (κ3) is 3.35. The third-order valence-corrected chi connectivity index (χ3v) is 6.19. The number of ether oxygens (including phenoxy) is 1. The molecule has 0 spiro atoms. The normalized spacial score (nSPS) is 22.0. The zero-order chi connectivity index (χ0) is 19.7. The van der Waals surface area contributed by atoms with E-state index < -0.39 is 0 Å². The number of hydrogen-bond acceptors (Lipinski definition) is 4. The summed E-state index contributed by atoms with van der Waals surface area (Å²) in [6.45, 7) is 1.03. The van der Waals surface area contributed by atoms with E-state index in [2.05, 4.69) is 59.7 Å². The highest BCUT2D eigenvalue weighted by Crippen LogP contribution is 2.40. The molecule has 2 heterocycles. The van der Waals surface area contributed by atoms with E-state index in [4.69, 9.17) is 4.74 Å². The summed E-state index contributed by atoms with van der Waals surface area (Å²) >= 11 is 0. The molecule has 2 aliphatic rings. The molecule has 1 saturated heterocycles. The second kappa shape index (κ2) is 7.84. The Morgan fingerprint density at radius 2 is 1.96 bits per heavy atom. The molecule has 1 amide bonds. The van der Waals surface area contributed by atoms with E-state index in [9.17, 15) is 4.79 Å². The van der Waals surface area contributed by atoms with Crippen LogP contribution in [0.4, 0.5) is 11.4 Å². The highest BCUT2D eigenvalue weighted by atomic mass is 16.5. The number of carbonyl (C=O) groups is 1. The summed E-state index contributed by atoms with van der Waals surface area (Å²) < 4.78 is 5.76. The summed E-state index contributed by atoms with van der Waals surface area (Å²) in [5, 5.41) is 3.70. The third-order valence-electron chi connectivity index (χ3n) is 6.19. The number of benzene rings is 2. The Balaban J connectivity index is 1.72. The number of methoxy groups -OCH3 is 1. The Morgan fingerprint density at radius 1 is 1.18 bits per heavy atom. The van der Waals surface area contributed by atoms with Crippen molar-refractivity contribution in [2.24, 2.45) is 0 Å². The molecule has 2 aliphatic heterocycles. The molecule has 5 nitrogen and oxygen atoms in total. The van der Waals surface area contributed by atoms with E-state index in [1.54, 1.807) is 12.0 Å². The van der Waals surface area contributed by atoms with Gasteiger partial charge in [-0.05, 0) is 49.1 Å². The van der Waals surface area contributed by atoms with Gasteiger partial charge < -0.3 is 19.9 Å². The largest absolute Gasteiger partial charge is 0.495 e. The van der Waals surface area contributed by atoms with E-state index in [1.807, 2.05) is 7.05 Å². The fraction of sp³-hybridized carbons (Fsp3) is 0.435. The van der Waals surface area contributed by atoms with Crippen LogP contribution in [-0.4, -0.2) is 39.7 Å². The topological polar surface area (TPSA) is 44.8 Å². The van der Waals surface area contributed by atoms with Crippen LogP contribution < -0.4 is 19.9 Å². The van der Waals surface area contributed by atoms with Crippen molar-refractivity contribution < 1.29 is 9.53 Å². The number of likely N-dealkylation sites (N-methyl/N-ethyl adjacent to an activating group) is 1. The minimum absolute atomic E-state index is 0.174. The van der Waals surface area contributed by atoms with Gasteiger partial charge in [0.2, 0.25) is 5.91 Å². The number of aryl methyl sites for hydroxylation is 1. The number of fused-ring (bicyclic) bond motifs is 1. The standard InChI is InChI=1S/C23H29N3O2/c1-25(18-10-7-13-24-23(18)16-8-5-4-6-9-16)20-15-19-17(14-21(20)28-3)11-12-22(27)26(19)2/h4-6,8-9,14-15,18,23-24H,7,10-13H2,1-3H3. The summed E-state index contributed by atoms with van der Waals surface area (Å²) in [7, 11) is 5.73. The van der Waals surface area contributed by atoms with Crippen molar-refractivity contribution in [1.29, 1.82) is 0 Å². The minimum atomic E-state index is 0.174. The lowest BCUT2D eigenvalue weighted by Crippen LogP contribution is -2.47. The van der Waals surface area contributed by atoms with Gasteiger partial charge in [-0.2, -0.15) is 0 Å².